The van der Waals surface area contributed by atoms with Crippen LogP contribution in [0.15, 0.2) is 23.2 Å². The predicted octanol–water partition coefficient (Wildman–Crippen LogP) is 3.76. The molecule has 0 aliphatic heterocycles. The number of rotatable bonds is 3. The summed E-state index contributed by atoms with van der Waals surface area (Å²) in [5, 5.41) is 0. The lowest BCUT2D eigenvalue weighted by Crippen LogP contribution is -2.09. The lowest BCUT2D eigenvalue weighted by Gasteiger charge is -2.17. The van der Waals surface area contributed by atoms with Crippen molar-refractivity contribution in [1.82, 2.24) is 0 Å². The second-order valence-corrected chi connectivity index (χ2v) is 4.80. The Hall–Kier alpha value is -1.31. The third-order valence-corrected chi connectivity index (χ3v) is 3.44. The monoisotopic (exact) mass is 231 g/mol. The molecule has 1 aliphatic carbocycles. The van der Waals surface area contributed by atoms with Gasteiger partial charge in [0.15, 0.2) is 0 Å². The number of hydrogen-bond acceptors (Lipinski definition) is 2. The van der Waals surface area contributed by atoms with Crippen LogP contribution < -0.4 is 4.74 Å². The van der Waals surface area contributed by atoms with E-state index in [0.29, 0.717) is 6.04 Å². The van der Waals surface area contributed by atoms with Crippen LogP contribution in [0.25, 0.3) is 0 Å². The zero-order valence-corrected chi connectivity index (χ0v) is 10.8. The average molecular weight is 231 g/mol. The van der Waals surface area contributed by atoms with Gasteiger partial charge in [0, 0.05) is 12.3 Å². The summed E-state index contributed by atoms with van der Waals surface area (Å²) < 4.78 is 5.32. The van der Waals surface area contributed by atoms with E-state index in [2.05, 4.69) is 30.1 Å². The topological polar surface area (TPSA) is 21.6 Å². The minimum Gasteiger partial charge on any atom is -0.496 e. The summed E-state index contributed by atoms with van der Waals surface area (Å²) in [6.45, 7) is 2.06. The molecule has 0 atom stereocenters. The van der Waals surface area contributed by atoms with E-state index in [1.165, 1.54) is 37.7 Å². The summed E-state index contributed by atoms with van der Waals surface area (Å²) >= 11 is 0. The Kier molecular flexibility index (Phi) is 4.18. The van der Waals surface area contributed by atoms with E-state index in [4.69, 9.17) is 4.74 Å². The smallest absolute Gasteiger partial charge is 0.122 e. The minimum absolute atomic E-state index is 0.538. The maximum Gasteiger partial charge on any atom is 0.122 e. The molecular formula is C15H21NO. The molecule has 0 unspecified atom stereocenters. The predicted molar refractivity (Wildman–Crippen MR) is 72.2 cm³/mol. The van der Waals surface area contributed by atoms with Crippen LogP contribution in [-0.4, -0.2) is 19.4 Å². The van der Waals surface area contributed by atoms with Crippen LogP contribution in [0.4, 0.5) is 0 Å². The number of methoxy groups -OCH3 is 1. The van der Waals surface area contributed by atoms with E-state index in [1.807, 2.05) is 6.21 Å². The molecule has 0 radical (unpaired) electrons. The fourth-order valence-electron chi connectivity index (χ4n) is 2.34. The summed E-state index contributed by atoms with van der Waals surface area (Å²) in [7, 11) is 1.71. The first-order valence-electron chi connectivity index (χ1n) is 6.47. The van der Waals surface area contributed by atoms with Crippen molar-refractivity contribution in [2.75, 3.05) is 7.11 Å². The Morgan fingerprint density at radius 3 is 2.71 bits per heavy atom. The number of benzene rings is 1. The first-order valence-corrected chi connectivity index (χ1v) is 6.47. The van der Waals surface area contributed by atoms with Crippen LogP contribution in [0.3, 0.4) is 0 Å². The molecule has 0 saturated heterocycles. The van der Waals surface area contributed by atoms with Gasteiger partial charge in [-0.15, -0.1) is 0 Å². The Labute approximate surface area is 104 Å². The van der Waals surface area contributed by atoms with Gasteiger partial charge in [-0.1, -0.05) is 31.4 Å². The molecule has 1 aromatic carbocycles. The number of aryl methyl sites for hydroxylation is 1. The molecule has 92 valence electrons. The molecule has 0 amide bonds. The van der Waals surface area contributed by atoms with Crippen molar-refractivity contribution in [3.63, 3.8) is 0 Å². The van der Waals surface area contributed by atoms with E-state index in [9.17, 15) is 0 Å². The van der Waals surface area contributed by atoms with Crippen molar-refractivity contribution in [1.29, 1.82) is 0 Å². The van der Waals surface area contributed by atoms with Crippen LogP contribution in [0.2, 0.25) is 0 Å². The second-order valence-electron chi connectivity index (χ2n) is 4.80. The van der Waals surface area contributed by atoms with Crippen molar-refractivity contribution in [2.24, 2.45) is 4.99 Å². The molecule has 1 saturated carbocycles. The number of ether oxygens (including phenoxy) is 1. The Morgan fingerprint density at radius 1 is 1.24 bits per heavy atom. The number of nitrogens with zero attached hydrogens (tertiary/aromatic N) is 1. The highest BCUT2D eigenvalue weighted by molar-refractivity contribution is 5.80. The van der Waals surface area contributed by atoms with E-state index >= 15 is 0 Å². The first kappa shape index (κ1) is 12.2. The van der Waals surface area contributed by atoms with E-state index in [1.54, 1.807) is 7.11 Å². The van der Waals surface area contributed by atoms with Crippen LogP contribution in [0.5, 0.6) is 5.75 Å². The van der Waals surface area contributed by atoms with Crippen LogP contribution in [-0.2, 0) is 0 Å². The van der Waals surface area contributed by atoms with Crippen LogP contribution in [0.1, 0.15) is 43.2 Å². The van der Waals surface area contributed by atoms with Gasteiger partial charge in [-0.3, -0.25) is 4.99 Å². The van der Waals surface area contributed by atoms with Crippen molar-refractivity contribution < 1.29 is 4.74 Å². The fourth-order valence-corrected chi connectivity index (χ4v) is 2.34. The molecular weight excluding hydrogens is 210 g/mol. The highest BCUT2D eigenvalue weighted by Gasteiger charge is 2.10. The van der Waals surface area contributed by atoms with Gasteiger partial charge in [0.25, 0.3) is 0 Å². The molecule has 0 heterocycles. The van der Waals surface area contributed by atoms with Gasteiger partial charge in [-0.25, -0.2) is 0 Å². The lowest BCUT2D eigenvalue weighted by atomic mass is 9.96. The molecule has 2 heteroatoms. The third kappa shape index (κ3) is 3.32. The van der Waals surface area contributed by atoms with Gasteiger partial charge >= 0.3 is 0 Å². The lowest BCUT2D eigenvalue weighted by molar-refractivity contribution is 0.411. The summed E-state index contributed by atoms with van der Waals surface area (Å²) in [6, 6.07) is 6.78. The molecule has 0 aromatic heterocycles. The van der Waals surface area contributed by atoms with Crippen molar-refractivity contribution in [3.05, 3.63) is 29.3 Å². The molecule has 0 bridgehead atoms. The summed E-state index contributed by atoms with van der Waals surface area (Å²) in [5.74, 6) is 0.942. The molecule has 1 fully saturated rings. The quantitative estimate of drug-likeness (QED) is 0.726. The third-order valence-electron chi connectivity index (χ3n) is 3.44. The zero-order chi connectivity index (χ0) is 12.1. The number of hydrogen-bond donors (Lipinski definition) is 0. The summed E-state index contributed by atoms with van der Waals surface area (Å²) in [4.78, 5) is 4.68. The van der Waals surface area contributed by atoms with E-state index < -0.39 is 0 Å². The second kappa shape index (κ2) is 5.85. The summed E-state index contributed by atoms with van der Waals surface area (Å²) in [6.07, 6.45) is 8.54. The van der Waals surface area contributed by atoms with Gasteiger partial charge in [-0.2, -0.15) is 0 Å². The maximum absolute atomic E-state index is 5.32. The SMILES string of the molecule is COc1cc(C=NC2CCCCC2)ccc1C. The molecule has 1 aromatic rings. The highest BCUT2D eigenvalue weighted by Crippen LogP contribution is 2.21. The van der Waals surface area contributed by atoms with Gasteiger partial charge in [0.05, 0.1) is 7.11 Å². The highest BCUT2D eigenvalue weighted by atomic mass is 16.5. The Bertz CT molecular complexity index is 392. The standard InChI is InChI=1S/C15H21NO/c1-12-8-9-13(10-15(12)17-2)11-16-14-6-4-3-5-7-14/h8-11,14H,3-7H2,1-2H3. The molecule has 0 spiro atoms. The zero-order valence-electron chi connectivity index (χ0n) is 10.8. The fraction of sp³-hybridized carbons (Fsp3) is 0.533. The van der Waals surface area contributed by atoms with Gasteiger partial charge in [-0.05, 0) is 37.0 Å². The van der Waals surface area contributed by atoms with Gasteiger partial charge < -0.3 is 4.74 Å². The number of aliphatic imine (C=N–C) groups is 1. The van der Waals surface area contributed by atoms with Crippen molar-refractivity contribution in [3.8, 4) is 5.75 Å². The molecule has 1 aliphatic rings. The normalized spacial score (nSPS) is 17.5. The largest absolute Gasteiger partial charge is 0.496 e. The first-order chi connectivity index (χ1) is 8.29. The van der Waals surface area contributed by atoms with Crippen LogP contribution >= 0.6 is 0 Å². The Balaban J connectivity index is 2.04. The molecule has 2 nitrogen and oxygen atoms in total. The van der Waals surface area contributed by atoms with Crippen molar-refractivity contribution >= 4 is 6.21 Å². The molecule has 2 rings (SSSR count). The average Bonchev–Trinajstić information content (AvgIpc) is 2.39. The van der Waals surface area contributed by atoms with Crippen LogP contribution in [0, 0.1) is 6.92 Å². The van der Waals surface area contributed by atoms with E-state index in [-0.39, 0.29) is 0 Å². The summed E-state index contributed by atoms with van der Waals surface area (Å²) in [5.41, 5.74) is 2.31. The molecule has 0 N–H and O–H groups in total. The van der Waals surface area contributed by atoms with Crippen molar-refractivity contribution in [2.45, 2.75) is 45.1 Å². The minimum atomic E-state index is 0.538. The maximum atomic E-state index is 5.32. The molecule has 17 heavy (non-hydrogen) atoms. The van der Waals surface area contributed by atoms with E-state index in [0.717, 1.165) is 11.3 Å². The van der Waals surface area contributed by atoms with Gasteiger partial charge in [0.2, 0.25) is 0 Å². The van der Waals surface area contributed by atoms with Gasteiger partial charge in [0.1, 0.15) is 5.75 Å². The Morgan fingerprint density at radius 2 is 2.00 bits per heavy atom.